The topological polar surface area (TPSA) is 73.1 Å². The zero-order valence-electron chi connectivity index (χ0n) is 15.2. The summed E-state index contributed by atoms with van der Waals surface area (Å²) >= 11 is 0. The summed E-state index contributed by atoms with van der Waals surface area (Å²) in [5.74, 6) is 1.31. The molecule has 0 radical (unpaired) electrons. The Labute approximate surface area is 156 Å². The summed E-state index contributed by atoms with van der Waals surface area (Å²) in [6.07, 6.45) is 0.851. The number of carbonyl (C=O) groups excluding carboxylic acids is 1. The lowest BCUT2D eigenvalue weighted by atomic mass is 10.1. The van der Waals surface area contributed by atoms with Crippen LogP contribution in [0.5, 0.6) is 11.5 Å². The van der Waals surface area contributed by atoms with Gasteiger partial charge in [0.25, 0.3) is 0 Å². The minimum atomic E-state index is -0.377. The highest BCUT2D eigenvalue weighted by molar-refractivity contribution is 6.02. The molecule has 1 N–H and O–H groups in total. The van der Waals surface area contributed by atoms with Crippen LogP contribution in [0.4, 0.5) is 0 Å². The van der Waals surface area contributed by atoms with Crippen molar-refractivity contribution in [3.05, 3.63) is 59.4 Å². The molecule has 1 aromatic heterocycles. The zero-order valence-corrected chi connectivity index (χ0v) is 15.2. The Kier molecular flexibility index (Phi) is 4.54. The van der Waals surface area contributed by atoms with Crippen molar-refractivity contribution in [2.45, 2.75) is 20.3 Å². The van der Waals surface area contributed by atoms with Crippen molar-refractivity contribution >= 4 is 22.6 Å². The third-order valence-electron chi connectivity index (χ3n) is 4.54. The average Bonchev–Trinajstić information content (AvgIpc) is 2.87. The van der Waals surface area contributed by atoms with E-state index >= 15 is 0 Å². The minimum Gasteiger partial charge on any atom is -0.490 e. The van der Waals surface area contributed by atoms with Crippen LogP contribution in [0.15, 0.2) is 52.0 Å². The molecule has 2 aromatic carbocycles. The number of hydrogen-bond donors (Lipinski definition) is 1. The molecule has 0 saturated carbocycles. The van der Waals surface area contributed by atoms with Crippen LogP contribution in [0.1, 0.15) is 35.0 Å². The number of hydrazone groups is 1. The fraction of sp³-hybridized carbons (Fsp3) is 0.238. The van der Waals surface area contributed by atoms with E-state index in [9.17, 15) is 4.79 Å². The molecule has 0 spiro atoms. The predicted octanol–water partition coefficient (Wildman–Crippen LogP) is 4.06. The lowest BCUT2D eigenvalue weighted by molar-refractivity contribution is 0.0928. The molecule has 1 amide bonds. The van der Waals surface area contributed by atoms with E-state index in [1.54, 1.807) is 0 Å². The first kappa shape index (κ1) is 17.1. The number of hydrogen-bond acceptors (Lipinski definition) is 5. The van der Waals surface area contributed by atoms with Crippen LogP contribution < -0.4 is 14.9 Å². The fourth-order valence-corrected chi connectivity index (χ4v) is 3.03. The number of fused-ring (bicyclic) bond motifs is 2. The van der Waals surface area contributed by atoms with Crippen LogP contribution in [0.25, 0.3) is 11.0 Å². The number of ether oxygens (including phenoxy) is 2. The van der Waals surface area contributed by atoms with Gasteiger partial charge >= 0.3 is 5.91 Å². The van der Waals surface area contributed by atoms with Crippen LogP contribution in [0.2, 0.25) is 0 Å². The molecule has 4 rings (SSSR count). The van der Waals surface area contributed by atoms with Gasteiger partial charge in [0.1, 0.15) is 5.58 Å². The second kappa shape index (κ2) is 7.15. The maximum atomic E-state index is 12.5. The maximum absolute atomic E-state index is 12.5. The first-order valence-electron chi connectivity index (χ1n) is 8.86. The Bertz CT molecular complexity index is 1040. The number of aryl methyl sites for hydroxylation is 1. The third kappa shape index (κ3) is 3.38. The van der Waals surface area contributed by atoms with E-state index in [-0.39, 0.29) is 11.7 Å². The van der Waals surface area contributed by atoms with E-state index < -0.39 is 0 Å². The van der Waals surface area contributed by atoms with Gasteiger partial charge in [0.05, 0.1) is 18.9 Å². The summed E-state index contributed by atoms with van der Waals surface area (Å²) in [4.78, 5) is 12.5. The minimum absolute atomic E-state index is 0.270. The van der Waals surface area contributed by atoms with Gasteiger partial charge in [-0.3, -0.25) is 4.79 Å². The van der Waals surface area contributed by atoms with E-state index in [0.717, 1.165) is 28.7 Å². The van der Waals surface area contributed by atoms with Gasteiger partial charge in [-0.15, -0.1) is 0 Å². The highest BCUT2D eigenvalue weighted by Gasteiger charge is 2.17. The Morgan fingerprint density at radius 3 is 2.67 bits per heavy atom. The van der Waals surface area contributed by atoms with Crippen molar-refractivity contribution in [3.8, 4) is 11.5 Å². The van der Waals surface area contributed by atoms with Crippen molar-refractivity contribution < 1.29 is 18.7 Å². The van der Waals surface area contributed by atoms with Gasteiger partial charge in [-0.05, 0) is 38.1 Å². The summed E-state index contributed by atoms with van der Waals surface area (Å²) in [6.45, 7) is 4.95. The van der Waals surface area contributed by atoms with Gasteiger partial charge in [0.2, 0.25) is 0 Å². The molecule has 6 heteroatoms. The van der Waals surface area contributed by atoms with Crippen LogP contribution in [0, 0.1) is 6.92 Å². The Hall–Kier alpha value is -3.28. The SMILES string of the molecule is C/C(=N/NC(=O)c1oc2ccccc2c1C)c1ccc2c(c1)OCCCO2. The summed E-state index contributed by atoms with van der Waals surface area (Å²) in [5.41, 5.74) is 5.56. The lowest BCUT2D eigenvalue weighted by Gasteiger charge is -2.09. The van der Waals surface area contributed by atoms with E-state index in [0.29, 0.717) is 30.3 Å². The van der Waals surface area contributed by atoms with Crippen LogP contribution in [0.3, 0.4) is 0 Å². The van der Waals surface area contributed by atoms with E-state index in [1.807, 2.05) is 56.3 Å². The van der Waals surface area contributed by atoms with Crippen molar-refractivity contribution in [1.29, 1.82) is 0 Å². The molecule has 1 aliphatic rings. The Morgan fingerprint density at radius 2 is 1.85 bits per heavy atom. The van der Waals surface area contributed by atoms with Gasteiger partial charge in [-0.2, -0.15) is 5.10 Å². The van der Waals surface area contributed by atoms with Gasteiger partial charge in [0, 0.05) is 22.9 Å². The lowest BCUT2D eigenvalue weighted by Crippen LogP contribution is -2.19. The second-order valence-electron chi connectivity index (χ2n) is 6.40. The first-order chi connectivity index (χ1) is 13.1. The van der Waals surface area contributed by atoms with Gasteiger partial charge in [0.15, 0.2) is 17.3 Å². The number of nitrogens with one attached hydrogen (secondary N) is 1. The van der Waals surface area contributed by atoms with Crippen LogP contribution in [-0.4, -0.2) is 24.8 Å². The van der Waals surface area contributed by atoms with Crippen molar-refractivity contribution in [2.24, 2.45) is 5.10 Å². The van der Waals surface area contributed by atoms with Gasteiger partial charge in [-0.25, -0.2) is 5.43 Å². The molecule has 0 fully saturated rings. The number of furan rings is 1. The normalized spacial score (nSPS) is 14.1. The molecule has 0 atom stereocenters. The zero-order chi connectivity index (χ0) is 18.8. The Morgan fingerprint density at radius 1 is 1.07 bits per heavy atom. The molecular weight excluding hydrogens is 344 g/mol. The molecule has 3 aromatic rings. The van der Waals surface area contributed by atoms with E-state index in [2.05, 4.69) is 10.5 Å². The second-order valence-corrected chi connectivity index (χ2v) is 6.40. The predicted molar refractivity (Wildman–Crippen MR) is 103 cm³/mol. The smallest absolute Gasteiger partial charge is 0.307 e. The molecule has 0 saturated heterocycles. The largest absolute Gasteiger partial charge is 0.490 e. The van der Waals surface area contributed by atoms with Crippen molar-refractivity contribution in [3.63, 3.8) is 0 Å². The van der Waals surface area contributed by atoms with E-state index in [1.165, 1.54) is 0 Å². The first-order valence-corrected chi connectivity index (χ1v) is 8.86. The monoisotopic (exact) mass is 364 g/mol. The molecule has 138 valence electrons. The molecule has 27 heavy (non-hydrogen) atoms. The molecule has 2 heterocycles. The van der Waals surface area contributed by atoms with Crippen molar-refractivity contribution in [1.82, 2.24) is 5.43 Å². The van der Waals surface area contributed by atoms with Gasteiger partial charge < -0.3 is 13.9 Å². The number of carbonyl (C=O) groups is 1. The fourth-order valence-electron chi connectivity index (χ4n) is 3.03. The quantitative estimate of drug-likeness (QED) is 0.562. The maximum Gasteiger partial charge on any atom is 0.307 e. The standard InChI is InChI=1S/C21H20N2O4/c1-13-16-6-3-4-7-17(16)27-20(13)21(24)23-22-14(2)15-8-9-18-19(12-15)26-11-5-10-25-18/h3-4,6-9,12H,5,10-11H2,1-2H3,(H,23,24)/b22-14-. The summed E-state index contributed by atoms with van der Waals surface area (Å²) < 4.78 is 17.0. The van der Waals surface area contributed by atoms with Gasteiger partial charge in [-0.1, -0.05) is 18.2 Å². The Balaban J connectivity index is 1.54. The summed E-state index contributed by atoms with van der Waals surface area (Å²) in [7, 11) is 0. The third-order valence-corrected chi connectivity index (χ3v) is 4.54. The number of benzene rings is 2. The van der Waals surface area contributed by atoms with E-state index in [4.69, 9.17) is 13.9 Å². The molecule has 0 bridgehead atoms. The number of amides is 1. The summed E-state index contributed by atoms with van der Waals surface area (Å²) in [6, 6.07) is 13.2. The molecular formula is C21H20N2O4. The highest BCUT2D eigenvalue weighted by atomic mass is 16.5. The number of nitrogens with zero attached hydrogens (tertiary/aromatic N) is 1. The molecule has 1 aliphatic heterocycles. The average molecular weight is 364 g/mol. The molecule has 0 unspecified atom stereocenters. The van der Waals surface area contributed by atoms with Crippen LogP contribution >= 0.6 is 0 Å². The molecule has 0 aliphatic carbocycles. The molecule has 6 nitrogen and oxygen atoms in total. The van der Waals surface area contributed by atoms with Crippen molar-refractivity contribution in [2.75, 3.05) is 13.2 Å². The number of para-hydroxylation sites is 1. The number of rotatable bonds is 3. The summed E-state index contributed by atoms with van der Waals surface area (Å²) in [5, 5.41) is 5.14. The van der Waals surface area contributed by atoms with Crippen LogP contribution in [-0.2, 0) is 0 Å². The highest BCUT2D eigenvalue weighted by Crippen LogP contribution is 2.30.